The van der Waals surface area contributed by atoms with Crippen LogP contribution in [0.1, 0.15) is 62.5 Å². The van der Waals surface area contributed by atoms with Gasteiger partial charge in [-0.15, -0.1) is 0 Å². The summed E-state index contributed by atoms with van der Waals surface area (Å²) in [5, 5.41) is 0. The number of likely N-dealkylation sites (tertiary alicyclic amines) is 2. The van der Waals surface area contributed by atoms with Gasteiger partial charge in [0.15, 0.2) is 0 Å². The molecule has 2 aliphatic heterocycles. The molecule has 0 atom stereocenters. The minimum atomic E-state index is -5.82. The average molecular weight is 635 g/mol. The number of hydrogen-bond acceptors (Lipinski definition) is 6. The molecule has 2 saturated heterocycles. The molecule has 4 rings (SSSR count). The lowest BCUT2D eigenvalue weighted by Gasteiger charge is -2.45. The maximum Gasteiger partial charge on any atom is 0.434 e. The van der Waals surface area contributed by atoms with Gasteiger partial charge in [0.1, 0.15) is 11.9 Å². The Hall–Kier alpha value is -2.91. The number of ether oxygens (including phenoxy) is 3. The second-order valence-electron chi connectivity index (χ2n) is 11.2. The molecule has 1 aliphatic carbocycles. The van der Waals surface area contributed by atoms with E-state index in [9.17, 15) is 49.1 Å². The predicted molar refractivity (Wildman–Crippen MR) is 131 cm³/mol. The third-order valence-corrected chi connectivity index (χ3v) is 8.43. The van der Waals surface area contributed by atoms with Crippen molar-refractivity contribution >= 4 is 12.6 Å². The Morgan fingerprint density at radius 2 is 1.51 bits per heavy atom. The largest absolute Gasteiger partial charge is 0.490 e. The SMILES string of the molecule is O=COC1CCC(Oc2cc(C(F)(F)F)ccc2CN2CCCC23CCN(C(=O)OC(C(F)(F)F)C(F)(F)F)CC3)CC1. The molecule has 242 valence electrons. The number of alkyl halides is 9. The fourth-order valence-electron chi connectivity index (χ4n) is 6.13. The Balaban J connectivity index is 1.45. The van der Waals surface area contributed by atoms with Gasteiger partial charge in [0.25, 0.3) is 12.6 Å². The third kappa shape index (κ3) is 7.98. The molecule has 1 amide bonds. The maximum absolute atomic E-state index is 13.5. The lowest BCUT2D eigenvalue weighted by atomic mass is 9.84. The predicted octanol–water partition coefficient (Wildman–Crippen LogP) is 6.63. The molecule has 0 radical (unpaired) electrons. The number of benzene rings is 1. The van der Waals surface area contributed by atoms with Crippen LogP contribution in [0, 0.1) is 0 Å². The summed E-state index contributed by atoms with van der Waals surface area (Å²) in [6.07, 6.45) is -19.2. The molecular weight excluding hydrogens is 603 g/mol. The second-order valence-corrected chi connectivity index (χ2v) is 11.2. The molecule has 16 heteroatoms. The highest BCUT2D eigenvalue weighted by atomic mass is 19.4. The molecule has 1 aromatic carbocycles. The lowest BCUT2D eigenvalue weighted by Crippen LogP contribution is -2.54. The highest BCUT2D eigenvalue weighted by Crippen LogP contribution is 2.42. The van der Waals surface area contributed by atoms with Crippen molar-refractivity contribution in [3.05, 3.63) is 29.3 Å². The number of amides is 1. The Kier molecular flexibility index (Phi) is 9.67. The van der Waals surface area contributed by atoms with Crippen molar-refractivity contribution in [2.45, 2.75) is 100 Å². The van der Waals surface area contributed by atoms with E-state index in [1.54, 1.807) is 0 Å². The Morgan fingerprint density at radius 1 is 0.907 bits per heavy atom. The van der Waals surface area contributed by atoms with E-state index in [4.69, 9.17) is 9.47 Å². The van der Waals surface area contributed by atoms with Crippen LogP contribution in [0.4, 0.5) is 44.3 Å². The van der Waals surface area contributed by atoms with Gasteiger partial charge in [-0.3, -0.25) is 9.69 Å². The summed E-state index contributed by atoms with van der Waals surface area (Å²) in [6.45, 7) is 0.785. The van der Waals surface area contributed by atoms with E-state index in [1.165, 1.54) is 6.07 Å². The van der Waals surface area contributed by atoms with Gasteiger partial charge in [0, 0.05) is 30.7 Å². The van der Waals surface area contributed by atoms with Crippen LogP contribution in [-0.4, -0.2) is 78.2 Å². The van der Waals surface area contributed by atoms with Crippen molar-refractivity contribution in [2.24, 2.45) is 0 Å². The monoisotopic (exact) mass is 634 g/mol. The number of carbonyl (C=O) groups excluding carboxylic acids is 2. The van der Waals surface area contributed by atoms with Gasteiger partial charge in [-0.1, -0.05) is 6.07 Å². The van der Waals surface area contributed by atoms with Crippen LogP contribution in [0.3, 0.4) is 0 Å². The Morgan fingerprint density at radius 3 is 2.07 bits per heavy atom. The summed E-state index contributed by atoms with van der Waals surface area (Å²) in [7, 11) is 0. The molecule has 1 aromatic rings. The summed E-state index contributed by atoms with van der Waals surface area (Å²) >= 11 is 0. The summed E-state index contributed by atoms with van der Waals surface area (Å²) in [5.74, 6) is 0.0583. The first-order chi connectivity index (χ1) is 20.0. The smallest absolute Gasteiger partial charge is 0.434 e. The molecule has 0 bridgehead atoms. The number of rotatable bonds is 7. The van der Waals surface area contributed by atoms with E-state index in [0.717, 1.165) is 17.0 Å². The number of halogens is 9. The zero-order chi connectivity index (χ0) is 31.6. The number of carbonyl (C=O) groups is 2. The molecule has 1 saturated carbocycles. The van der Waals surface area contributed by atoms with Crippen LogP contribution < -0.4 is 4.74 Å². The van der Waals surface area contributed by atoms with E-state index >= 15 is 0 Å². The van der Waals surface area contributed by atoms with Crippen molar-refractivity contribution in [2.75, 3.05) is 19.6 Å². The van der Waals surface area contributed by atoms with Crippen LogP contribution in [0.25, 0.3) is 0 Å². The average Bonchev–Trinajstić information content (AvgIpc) is 3.29. The second kappa shape index (κ2) is 12.6. The molecule has 0 N–H and O–H groups in total. The maximum atomic E-state index is 13.5. The number of hydrogen-bond donors (Lipinski definition) is 0. The standard InChI is InChI=1S/C27H31F9N2O5/c28-25(29,30)18-3-2-17(21(14-18)42-20-6-4-19(5-7-20)41-16-39)15-38-11-1-8-24(38)9-12-37(13-10-24)23(40)43-22(26(31,32)33)27(34,35)36/h2-3,14,16,19-20,22H,1,4-13,15H2. The summed E-state index contributed by atoms with van der Waals surface area (Å²) in [5.41, 5.74) is -0.960. The van der Waals surface area contributed by atoms with Crippen LogP contribution in [0.15, 0.2) is 18.2 Å². The summed E-state index contributed by atoms with van der Waals surface area (Å²) in [4.78, 5) is 25.7. The molecular formula is C27H31F9N2O5. The number of nitrogens with zero attached hydrogens (tertiary/aromatic N) is 2. The van der Waals surface area contributed by atoms with Gasteiger partial charge < -0.3 is 19.1 Å². The molecule has 2 heterocycles. The first-order valence-corrected chi connectivity index (χ1v) is 13.8. The fourth-order valence-corrected chi connectivity index (χ4v) is 6.13. The van der Waals surface area contributed by atoms with Crippen molar-refractivity contribution in [1.29, 1.82) is 0 Å². The minimum Gasteiger partial charge on any atom is -0.490 e. The molecule has 3 fully saturated rings. The van der Waals surface area contributed by atoms with Crippen LogP contribution in [0.5, 0.6) is 5.75 Å². The minimum absolute atomic E-state index is 0.0583. The highest BCUT2D eigenvalue weighted by Gasteiger charge is 2.60. The van der Waals surface area contributed by atoms with Gasteiger partial charge in [-0.25, -0.2) is 4.79 Å². The molecule has 0 aromatic heterocycles. The summed E-state index contributed by atoms with van der Waals surface area (Å²) < 4.78 is 133. The Bertz CT molecular complexity index is 1110. The lowest BCUT2D eigenvalue weighted by molar-refractivity contribution is -0.308. The van der Waals surface area contributed by atoms with E-state index in [0.29, 0.717) is 57.1 Å². The van der Waals surface area contributed by atoms with Gasteiger partial charge in [-0.2, -0.15) is 39.5 Å². The van der Waals surface area contributed by atoms with E-state index < -0.39 is 47.9 Å². The van der Waals surface area contributed by atoms with Crippen molar-refractivity contribution in [3.8, 4) is 5.75 Å². The fraction of sp³-hybridized carbons (Fsp3) is 0.704. The summed E-state index contributed by atoms with van der Waals surface area (Å²) in [6, 6.07) is 3.24. The van der Waals surface area contributed by atoms with Gasteiger partial charge >= 0.3 is 24.6 Å². The van der Waals surface area contributed by atoms with Gasteiger partial charge in [-0.05, 0) is 70.0 Å². The topological polar surface area (TPSA) is 68.3 Å². The van der Waals surface area contributed by atoms with E-state index in [1.807, 2.05) is 4.90 Å². The molecule has 7 nitrogen and oxygen atoms in total. The van der Waals surface area contributed by atoms with Crippen LogP contribution >= 0.6 is 0 Å². The third-order valence-electron chi connectivity index (χ3n) is 8.43. The van der Waals surface area contributed by atoms with Gasteiger partial charge in [0.05, 0.1) is 11.7 Å². The molecule has 43 heavy (non-hydrogen) atoms. The van der Waals surface area contributed by atoms with E-state index in [2.05, 4.69) is 4.74 Å². The number of piperidine rings is 1. The van der Waals surface area contributed by atoms with E-state index in [-0.39, 0.29) is 44.3 Å². The zero-order valence-corrected chi connectivity index (χ0v) is 22.9. The Labute approximate surface area is 241 Å². The first-order valence-electron chi connectivity index (χ1n) is 13.8. The highest BCUT2D eigenvalue weighted by molar-refractivity contribution is 5.68. The van der Waals surface area contributed by atoms with Crippen molar-refractivity contribution < 1.29 is 63.3 Å². The molecule has 0 unspecified atom stereocenters. The quantitative estimate of drug-likeness (QED) is 0.248. The molecule has 3 aliphatic rings. The van der Waals surface area contributed by atoms with Crippen molar-refractivity contribution in [1.82, 2.24) is 9.80 Å². The molecule has 1 spiro atoms. The normalized spacial score (nSPS) is 23.4. The van der Waals surface area contributed by atoms with Gasteiger partial charge in [0.2, 0.25) is 0 Å². The first kappa shape index (κ1) is 33.0. The van der Waals surface area contributed by atoms with Crippen LogP contribution in [-0.2, 0) is 27.0 Å². The zero-order valence-electron chi connectivity index (χ0n) is 22.9. The van der Waals surface area contributed by atoms with Crippen molar-refractivity contribution in [3.63, 3.8) is 0 Å². The van der Waals surface area contributed by atoms with Crippen LogP contribution in [0.2, 0.25) is 0 Å².